The predicted octanol–water partition coefficient (Wildman–Crippen LogP) is 3.40. The molecule has 1 nitrogen and oxygen atoms in total. The highest BCUT2D eigenvalue weighted by atomic mass is 14.9. The molecule has 1 N–H and O–H groups in total. The maximum absolute atomic E-state index is 3.82. The van der Waals surface area contributed by atoms with Crippen molar-refractivity contribution in [1.82, 2.24) is 5.32 Å². The van der Waals surface area contributed by atoms with Gasteiger partial charge in [-0.05, 0) is 38.8 Å². The van der Waals surface area contributed by atoms with Crippen molar-refractivity contribution in [2.24, 2.45) is 0 Å². The lowest BCUT2D eigenvalue weighted by atomic mass is 9.99. The van der Waals surface area contributed by atoms with Crippen LogP contribution in [0.3, 0.4) is 0 Å². The zero-order chi connectivity index (χ0) is 12.0. The van der Waals surface area contributed by atoms with E-state index in [1.54, 1.807) is 0 Å². The van der Waals surface area contributed by atoms with Gasteiger partial charge in [0.25, 0.3) is 0 Å². The van der Waals surface area contributed by atoms with Crippen LogP contribution in [0.5, 0.6) is 0 Å². The maximum atomic E-state index is 3.82. The van der Waals surface area contributed by atoms with Gasteiger partial charge in [-0.2, -0.15) is 0 Å². The standard InChI is InChI=1S/C15H23N/c1-5-7-15(16-6-2)11-14-9-12(3)8-13(4)10-14/h5,8-10,15-16H,1,6-7,11H2,2-4H3. The van der Waals surface area contributed by atoms with Gasteiger partial charge in [0.15, 0.2) is 0 Å². The molecule has 0 aliphatic rings. The molecule has 0 radical (unpaired) electrons. The van der Waals surface area contributed by atoms with Gasteiger partial charge in [-0.1, -0.05) is 42.3 Å². The SMILES string of the molecule is C=CCC(Cc1cc(C)cc(C)c1)NCC. The maximum Gasteiger partial charge on any atom is 0.0142 e. The number of likely N-dealkylation sites (N-methyl/N-ethyl adjacent to an activating group) is 1. The van der Waals surface area contributed by atoms with E-state index in [4.69, 9.17) is 0 Å². The second-order valence-electron chi connectivity index (χ2n) is 4.48. The molecule has 0 amide bonds. The topological polar surface area (TPSA) is 12.0 Å². The lowest BCUT2D eigenvalue weighted by Gasteiger charge is -2.16. The molecule has 1 aromatic carbocycles. The molecule has 0 fully saturated rings. The van der Waals surface area contributed by atoms with Crippen LogP contribution in [0.15, 0.2) is 30.9 Å². The van der Waals surface area contributed by atoms with Gasteiger partial charge in [0.1, 0.15) is 0 Å². The molecule has 0 aromatic heterocycles. The normalized spacial score (nSPS) is 12.4. The summed E-state index contributed by atoms with van der Waals surface area (Å²) in [4.78, 5) is 0. The minimum Gasteiger partial charge on any atom is -0.314 e. The molecule has 0 bridgehead atoms. The van der Waals surface area contributed by atoms with Crippen LogP contribution >= 0.6 is 0 Å². The monoisotopic (exact) mass is 217 g/mol. The first-order chi connectivity index (χ1) is 7.65. The van der Waals surface area contributed by atoms with Crippen molar-refractivity contribution in [3.63, 3.8) is 0 Å². The fourth-order valence-corrected chi connectivity index (χ4v) is 2.20. The van der Waals surface area contributed by atoms with E-state index < -0.39 is 0 Å². The highest BCUT2D eigenvalue weighted by molar-refractivity contribution is 5.29. The molecule has 1 atom stereocenters. The summed E-state index contributed by atoms with van der Waals surface area (Å²) >= 11 is 0. The van der Waals surface area contributed by atoms with Crippen LogP contribution in [0, 0.1) is 13.8 Å². The Labute approximate surface area is 99.6 Å². The number of hydrogen-bond donors (Lipinski definition) is 1. The Morgan fingerprint density at radius 3 is 2.38 bits per heavy atom. The number of aryl methyl sites for hydroxylation is 2. The molecule has 0 aliphatic carbocycles. The minimum atomic E-state index is 0.517. The molecule has 1 heteroatoms. The summed E-state index contributed by atoms with van der Waals surface area (Å²) in [5.74, 6) is 0. The van der Waals surface area contributed by atoms with Crippen molar-refractivity contribution in [3.8, 4) is 0 Å². The Morgan fingerprint density at radius 2 is 1.88 bits per heavy atom. The Kier molecular flexibility index (Phi) is 5.27. The third kappa shape index (κ3) is 4.19. The molecule has 1 rings (SSSR count). The van der Waals surface area contributed by atoms with Gasteiger partial charge in [-0.3, -0.25) is 0 Å². The van der Waals surface area contributed by atoms with E-state index in [0.717, 1.165) is 19.4 Å². The van der Waals surface area contributed by atoms with E-state index in [1.807, 2.05) is 6.08 Å². The molecule has 0 spiro atoms. The Hall–Kier alpha value is -1.08. The van der Waals surface area contributed by atoms with E-state index in [-0.39, 0.29) is 0 Å². The summed E-state index contributed by atoms with van der Waals surface area (Å²) in [7, 11) is 0. The van der Waals surface area contributed by atoms with Crippen molar-refractivity contribution < 1.29 is 0 Å². The van der Waals surface area contributed by atoms with Crippen molar-refractivity contribution in [2.45, 2.75) is 39.7 Å². The molecule has 0 saturated heterocycles. The van der Waals surface area contributed by atoms with Crippen LogP contribution in [0.1, 0.15) is 30.0 Å². The van der Waals surface area contributed by atoms with Gasteiger partial charge in [-0.25, -0.2) is 0 Å². The number of nitrogens with one attached hydrogen (secondary N) is 1. The average molecular weight is 217 g/mol. The van der Waals surface area contributed by atoms with Gasteiger partial charge in [-0.15, -0.1) is 6.58 Å². The Bertz CT molecular complexity index is 321. The van der Waals surface area contributed by atoms with Gasteiger partial charge >= 0.3 is 0 Å². The van der Waals surface area contributed by atoms with E-state index in [0.29, 0.717) is 6.04 Å². The molecular weight excluding hydrogens is 194 g/mol. The summed E-state index contributed by atoms with van der Waals surface area (Å²) < 4.78 is 0. The van der Waals surface area contributed by atoms with E-state index in [2.05, 4.69) is 50.9 Å². The molecule has 0 aliphatic heterocycles. The van der Waals surface area contributed by atoms with E-state index >= 15 is 0 Å². The molecule has 1 unspecified atom stereocenters. The second-order valence-corrected chi connectivity index (χ2v) is 4.48. The molecule has 0 saturated carbocycles. The van der Waals surface area contributed by atoms with Crippen LogP contribution in [0.4, 0.5) is 0 Å². The first kappa shape index (κ1) is 13.0. The third-order valence-electron chi connectivity index (χ3n) is 2.71. The summed E-state index contributed by atoms with van der Waals surface area (Å²) in [5.41, 5.74) is 4.12. The predicted molar refractivity (Wildman–Crippen MR) is 71.9 cm³/mol. The highest BCUT2D eigenvalue weighted by Gasteiger charge is 2.06. The largest absolute Gasteiger partial charge is 0.314 e. The van der Waals surface area contributed by atoms with Crippen LogP contribution in [0.25, 0.3) is 0 Å². The van der Waals surface area contributed by atoms with Crippen LogP contribution in [0.2, 0.25) is 0 Å². The number of benzene rings is 1. The summed E-state index contributed by atoms with van der Waals surface area (Å²) in [6.07, 6.45) is 4.11. The molecule has 1 aromatic rings. The van der Waals surface area contributed by atoms with E-state index in [9.17, 15) is 0 Å². The van der Waals surface area contributed by atoms with Gasteiger partial charge in [0.05, 0.1) is 0 Å². The van der Waals surface area contributed by atoms with Crippen molar-refractivity contribution in [2.75, 3.05) is 6.54 Å². The quantitative estimate of drug-likeness (QED) is 0.720. The molecule has 0 heterocycles. The summed E-state index contributed by atoms with van der Waals surface area (Å²) in [6, 6.07) is 7.30. The van der Waals surface area contributed by atoms with Gasteiger partial charge in [0.2, 0.25) is 0 Å². The second kappa shape index (κ2) is 6.49. The lowest BCUT2D eigenvalue weighted by Crippen LogP contribution is -2.30. The van der Waals surface area contributed by atoms with Gasteiger partial charge in [0, 0.05) is 6.04 Å². The van der Waals surface area contributed by atoms with E-state index in [1.165, 1.54) is 16.7 Å². The molecular formula is C15H23N. The molecule has 16 heavy (non-hydrogen) atoms. The first-order valence-electron chi connectivity index (χ1n) is 6.07. The summed E-state index contributed by atoms with van der Waals surface area (Å²) in [6.45, 7) is 11.3. The highest BCUT2D eigenvalue weighted by Crippen LogP contribution is 2.12. The Balaban J connectivity index is 2.71. The first-order valence-corrected chi connectivity index (χ1v) is 6.07. The third-order valence-corrected chi connectivity index (χ3v) is 2.71. The molecule has 88 valence electrons. The zero-order valence-electron chi connectivity index (χ0n) is 10.7. The van der Waals surface area contributed by atoms with Crippen molar-refractivity contribution >= 4 is 0 Å². The zero-order valence-corrected chi connectivity index (χ0v) is 10.7. The van der Waals surface area contributed by atoms with Gasteiger partial charge < -0.3 is 5.32 Å². The fraction of sp³-hybridized carbons (Fsp3) is 0.467. The smallest absolute Gasteiger partial charge is 0.0142 e. The van der Waals surface area contributed by atoms with Crippen LogP contribution < -0.4 is 5.32 Å². The van der Waals surface area contributed by atoms with Crippen molar-refractivity contribution in [3.05, 3.63) is 47.5 Å². The number of hydrogen-bond acceptors (Lipinski definition) is 1. The minimum absolute atomic E-state index is 0.517. The summed E-state index contributed by atoms with van der Waals surface area (Å²) in [5, 5.41) is 3.50. The number of rotatable bonds is 6. The van der Waals surface area contributed by atoms with Crippen LogP contribution in [-0.2, 0) is 6.42 Å². The van der Waals surface area contributed by atoms with Crippen LogP contribution in [-0.4, -0.2) is 12.6 Å². The average Bonchev–Trinajstić information content (AvgIpc) is 2.16. The lowest BCUT2D eigenvalue weighted by molar-refractivity contribution is 0.529. The van der Waals surface area contributed by atoms with Crippen molar-refractivity contribution in [1.29, 1.82) is 0 Å². The fourth-order valence-electron chi connectivity index (χ4n) is 2.20. The Morgan fingerprint density at radius 1 is 1.25 bits per heavy atom.